The van der Waals surface area contributed by atoms with Gasteiger partial charge in [0.25, 0.3) is 0 Å². The summed E-state index contributed by atoms with van der Waals surface area (Å²) in [6.45, 7) is 1.66. The Labute approximate surface area is 114 Å². The van der Waals surface area contributed by atoms with Gasteiger partial charge >= 0.3 is 11.7 Å². The molecule has 0 aliphatic carbocycles. The van der Waals surface area contributed by atoms with Gasteiger partial charge in [0, 0.05) is 11.9 Å². The topological polar surface area (TPSA) is 105 Å². The maximum Gasteiger partial charge on any atom is 0.335 e. The van der Waals surface area contributed by atoms with Crippen LogP contribution < -0.4 is 5.32 Å². The van der Waals surface area contributed by atoms with Crippen LogP contribution in [-0.4, -0.2) is 21.0 Å². The van der Waals surface area contributed by atoms with Crippen molar-refractivity contribution in [3.8, 4) is 0 Å². The second-order valence-corrected chi connectivity index (χ2v) is 4.11. The summed E-state index contributed by atoms with van der Waals surface area (Å²) in [6, 6.07) is 6.11. The van der Waals surface area contributed by atoms with Gasteiger partial charge in [-0.25, -0.2) is 4.79 Å². The van der Waals surface area contributed by atoms with E-state index in [2.05, 4.69) is 10.3 Å². The minimum Gasteiger partial charge on any atom is -0.478 e. The van der Waals surface area contributed by atoms with E-state index >= 15 is 0 Å². The lowest BCUT2D eigenvalue weighted by Gasteiger charge is -2.08. The van der Waals surface area contributed by atoms with Gasteiger partial charge in [-0.3, -0.25) is 15.1 Å². The molecule has 0 saturated heterocycles. The molecule has 0 saturated carbocycles. The van der Waals surface area contributed by atoms with Crippen molar-refractivity contribution in [1.82, 2.24) is 4.98 Å². The molecule has 1 aromatic heterocycles. The Hall–Kier alpha value is -2.96. The second-order valence-electron chi connectivity index (χ2n) is 4.11. The van der Waals surface area contributed by atoms with Crippen LogP contribution in [0.15, 0.2) is 36.7 Å². The molecule has 0 amide bonds. The van der Waals surface area contributed by atoms with Crippen LogP contribution in [0.4, 0.5) is 17.1 Å². The third-order valence-corrected chi connectivity index (χ3v) is 2.73. The first kappa shape index (κ1) is 13.5. The number of hydrogen-bond acceptors (Lipinski definition) is 5. The molecule has 0 bridgehead atoms. The van der Waals surface area contributed by atoms with E-state index in [1.807, 2.05) is 0 Å². The van der Waals surface area contributed by atoms with Crippen molar-refractivity contribution >= 4 is 23.0 Å². The molecule has 0 aliphatic rings. The number of nitrogens with zero attached hydrogens (tertiary/aromatic N) is 2. The summed E-state index contributed by atoms with van der Waals surface area (Å²) in [7, 11) is 0. The third kappa shape index (κ3) is 2.72. The number of pyridine rings is 1. The SMILES string of the molecule is Cc1cc(Nc2ccncc2[N+](=O)[O-])ccc1C(=O)O. The van der Waals surface area contributed by atoms with Crippen LogP contribution >= 0.6 is 0 Å². The molecule has 102 valence electrons. The van der Waals surface area contributed by atoms with Gasteiger partial charge in [-0.1, -0.05) is 0 Å². The zero-order valence-electron chi connectivity index (χ0n) is 10.5. The van der Waals surface area contributed by atoms with Gasteiger partial charge in [-0.15, -0.1) is 0 Å². The number of benzene rings is 1. The second kappa shape index (κ2) is 5.35. The summed E-state index contributed by atoms with van der Waals surface area (Å²) in [4.78, 5) is 25.0. The average Bonchev–Trinajstić information content (AvgIpc) is 2.38. The molecule has 0 atom stereocenters. The average molecular weight is 273 g/mol. The van der Waals surface area contributed by atoms with Crippen LogP contribution in [0.3, 0.4) is 0 Å². The maximum atomic E-state index is 10.9. The fourth-order valence-electron chi connectivity index (χ4n) is 1.77. The molecule has 1 aromatic carbocycles. The number of aryl methyl sites for hydroxylation is 1. The summed E-state index contributed by atoms with van der Waals surface area (Å²) >= 11 is 0. The van der Waals surface area contributed by atoms with Gasteiger partial charge in [-0.2, -0.15) is 0 Å². The highest BCUT2D eigenvalue weighted by atomic mass is 16.6. The number of carboxylic acid groups (broad SMARTS) is 1. The first-order chi connectivity index (χ1) is 9.49. The molecule has 2 aromatic rings. The van der Waals surface area contributed by atoms with E-state index in [9.17, 15) is 14.9 Å². The molecule has 7 heteroatoms. The van der Waals surface area contributed by atoms with Crippen molar-refractivity contribution in [2.75, 3.05) is 5.32 Å². The highest BCUT2D eigenvalue weighted by Crippen LogP contribution is 2.27. The van der Waals surface area contributed by atoms with E-state index in [1.165, 1.54) is 18.3 Å². The first-order valence-electron chi connectivity index (χ1n) is 5.68. The highest BCUT2D eigenvalue weighted by Gasteiger charge is 2.14. The fourth-order valence-corrected chi connectivity index (χ4v) is 1.77. The maximum absolute atomic E-state index is 10.9. The van der Waals surface area contributed by atoms with E-state index in [4.69, 9.17) is 5.11 Å². The van der Waals surface area contributed by atoms with Crippen molar-refractivity contribution < 1.29 is 14.8 Å². The van der Waals surface area contributed by atoms with Crippen LogP contribution in [0.1, 0.15) is 15.9 Å². The molecule has 0 radical (unpaired) electrons. The molecule has 2 rings (SSSR count). The molecule has 0 unspecified atom stereocenters. The quantitative estimate of drug-likeness (QED) is 0.655. The monoisotopic (exact) mass is 273 g/mol. The van der Waals surface area contributed by atoms with Crippen LogP contribution in [0.5, 0.6) is 0 Å². The number of carbonyl (C=O) groups is 1. The van der Waals surface area contributed by atoms with Gasteiger partial charge in [0.1, 0.15) is 11.9 Å². The minimum atomic E-state index is -1.01. The number of rotatable bonds is 4. The predicted molar refractivity (Wildman–Crippen MR) is 72.3 cm³/mol. The predicted octanol–water partition coefficient (Wildman–Crippen LogP) is 2.74. The summed E-state index contributed by atoms with van der Waals surface area (Å²) < 4.78 is 0. The summed E-state index contributed by atoms with van der Waals surface area (Å²) in [5, 5.41) is 22.7. The van der Waals surface area contributed by atoms with Gasteiger partial charge in [-0.05, 0) is 36.8 Å². The van der Waals surface area contributed by atoms with E-state index in [1.54, 1.807) is 19.1 Å². The molecule has 2 N–H and O–H groups in total. The molecular formula is C13H11N3O4. The standard InChI is InChI=1S/C13H11N3O4/c1-8-6-9(2-3-10(8)13(17)18)15-11-4-5-14-7-12(11)16(19)20/h2-7H,1H3,(H,14,15)(H,17,18). The zero-order valence-corrected chi connectivity index (χ0v) is 10.5. The number of nitrogens with one attached hydrogen (secondary N) is 1. The Morgan fingerprint density at radius 2 is 2.15 bits per heavy atom. The van der Waals surface area contributed by atoms with Crippen LogP contribution in [-0.2, 0) is 0 Å². The van der Waals surface area contributed by atoms with Crippen molar-refractivity contribution in [3.05, 3.63) is 57.9 Å². The smallest absolute Gasteiger partial charge is 0.335 e. The van der Waals surface area contributed by atoms with E-state index in [-0.39, 0.29) is 11.3 Å². The van der Waals surface area contributed by atoms with Crippen molar-refractivity contribution in [2.45, 2.75) is 6.92 Å². The van der Waals surface area contributed by atoms with Crippen LogP contribution in [0, 0.1) is 17.0 Å². The van der Waals surface area contributed by atoms with Crippen molar-refractivity contribution in [2.24, 2.45) is 0 Å². The van der Waals surface area contributed by atoms with Crippen LogP contribution in [0.25, 0.3) is 0 Å². The molecule has 7 nitrogen and oxygen atoms in total. The Bertz CT molecular complexity index is 685. The first-order valence-corrected chi connectivity index (χ1v) is 5.68. The number of hydrogen-bond donors (Lipinski definition) is 2. The molecule has 0 fully saturated rings. The van der Waals surface area contributed by atoms with E-state index in [0.717, 1.165) is 6.20 Å². The molecular weight excluding hydrogens is 262 g/mol. The fraction of sp³-hybridized carbons (Fsp3) is 0.0769. The largest absolute Gasteiger partial charge is 0.478 e. The third-order valence-electron chi connectivity index (χ3n) is 2.73. The Balaban J connectivity index is 2.34. The van der Waals surface area contributed by atoms with Crippen molar-refractivity contribution in [3.63, 3.8) is 0 Å². The molecule has 1 heterocycles. The summed E-state index contributed by atoms with van der Waals surface area (Å²) in [5.74, 6) is -1.01. The van der Waals surface area contributed by atoms with E-state index < -0.39 is 10.9 Å². The van der Waals surface area contributed by atoms with Gasteiger partial charge in [0.15, 0.2) is 0 Å². The summed E-state index contributed by atoms with van der Waals surface area (Å²) in [6.07, 6.45) is 2.59. The van der Waals surface area contributed by atoms with Crippen molar-refractivity contribution in [1.29, 1.82) is 0 Å². The zero-order chi connectivity index (χ0) is 14.7. The highest BCUT2D eigenvalue weighted by molar-refractivity contribution is 5.90. The lowest BCUT2D eigenvalue weighted by Crippen LogP contribution is -2.01. The normalized spacial score (nSPS) is 10.1. The number of carboxylic acids is 1. The van der Waals surface area contributed by atoms with Gasteiger partial charge < -0.3 is 10.4 Å². The minimum absolute atomic E-state index is 0.146. The molecule has 0 spiro atoms. The Kier molecular flexibility index (Phi) is 3.60. The lowest BCUT2D eigenvalue weighted by atomic mass is 10.1. The number of anilines is 2. The Morgan fingerprint density at radius 3 is 2.75 bits per heavy atom. The molecule has 20 heavy (non-hydrogen) atoms. The van der Waals surface area contributed by atoms with Gasteiger partial charge in [0.2, 0.25) is 0 Å². The molecule has 0 aliphatic heterocycles. The number of nitro groups is 1. The van der Waals surface area contributed by atoms with Crippen LogP contribution in [0.2, 0.25) is 0 Å². The van der Waals surface area contributed by atoms with Gasteiger partial charge in [0.05, 0.1) is 10.5 Å². The number of aromatic nitrogens is 1. The summed E-state index contributed by atoms with van der Waals surface area (Å²) in [5.41, 5.74) is 1.49. The lowest BCUT2D eigenvalue weighted by molar-refractivity contribution is -0.384. The van der Waals surface area contributed by atoms with E-state index in [0.29, 0.717) is 16.9 Å². The number of aromatic carboxylic acids is 1. The Morgan fingerprint density at radius 1 is 1.40 bits per heavy atom.